The third kappa shape index (κ3) is 3.30. The molecule has 1 N–H and O–H groups in total. The van der Waals surface area contributed by atoms with Crippen LogP contribution in [0.5, 0.6) is 0 Å². The number of hydrogen-bond acceptors (Lipinski definition) is 7. The van der Waals surface area contributed by atoms with Crippen LogP contribution in [-0.2, 0) is 28.7 Å². The van der Waals surface area contributed by atoms with Gasteiger partial charge in [-0.2, -0.15) is 4.89 Å². The van der Waals surface area contributed by atoms with Crippen LogP contribution in [0.1, 0.15) is 79.1 Å². The lowest BCUT2D eigenvalue weighted by atomic mass is 9.47. The second-order valence-electron chi connectivity index (χ2n) is 11.7. The quantitative estimate of drug-likeness (QED) is 0.206. The first-order valence-corrected chi connectivity index (χ1v) is 12.7. The zero-order valence-electron chi connectivity index (χ0n) is 20.6. The van der Waals surface area contributed by atoms with Crippen LogP contribution in [-0.4, -0.2) is 40.8 Å². The molecule has 2 saturated carbocycles. The smallest absolute Gasteiger partial charge is 0.306 e. The van der Waals surface area contributed by atoms with Crippen molar-refractivity contribution in [1.82, 2.24) is 0 Å². The molecular weight excluding hydrogens is 436 g/mol. The monoisotopic (exact) mass is 472 g/mol. The molecule has 0 bridgehead atoms. The van der Waals surface area contributed by atoms with Crippen LogP contribution in [0.25, 0.3) is 0 Å². The predicted octanol–water partition coefficient (Wildman–Crippen LogP) is 4.55. The van der Waals surface area contributed by atoms with Crippen molar-refractivity contribution in [3.8, 4) is 0 Å². The van der Waals surface area contributed by atoms with Crippen molar-refractivity contribution in [2.24, 2.45) is 28.6 Å². The Hall–Kier alpha value is -1.83. The van der Waals surface area contributed by atoms with Gasteiger partial charge in [0.05, 0.1) is 6.10 Å². The van der Waals surface area contributed by atoms with E-state index in [0.717, 1.165) is 37.7 Å². The van der Waals surface area contributed by atoms with Gasteiger partial charge >= 0.3 is 5.97 Å². The first-order chi connectivity index (χ1) is 16.0. The lowest BCUT2D eigenvalue weighted by Crippen LogP contribution is -2.54. The van der Waals surface area contributed by atoms with Gasteiger partial charge in [-0.1, -0.05) is 31.1 Å². The lowest BCUT2D eigenvalue weighted by Gasteiger charge is -2.57. The molecule has 186 valence electrons. The number of Topliss-reactive ketones (excluding diaryl/α,β-unsaturated/α-hetero) is 1. The van der Waals surface area contributed by atoms with E-state index < -0.39 is 17.8 Å². The molecule has 7 heteroatoms. The highest BCUT2D eigenvalue weighted by molar-refractivity contribution is 5.93. The van der Waals surface area contributed by atoms with E-state index in [1.54, 1.807) is 19.9 Å². The highest BCUT2D eigenvalue weighted by Crippen LogP contribution is 2.69. The molecule has 0 aromatic carbocycles. The number of allylic oxidation sites excluding steroid dienone is 4. The fraction of sp³-hybridized carbons (Fsp3) is 0.741. The fourth-order valence-corrected chi connectivity index (χ4v) is 7.99. The summed E-state index contributed by atoms with van der Waals surface area (Å²) in [5.74, 6) is -0.721. The molecule has 1 aliphatic heterocycles. The number of ether oxygens (including phenoxy) is 2. The number of carbonyl (C=O) groups excluding carboxylic acids is 3. The molecule has 1 spiro atoms. The maximum absolute atomic E-state index is 13.8. The lowest BCUT2D eigenvalue weighted by molar-refractivity contribution is -0.339. The molecule has 0 amide bonds. The van der Waals surface area contributed by atoms with Gasteiger partial charge in [0.25, 0.3) is 6.29 Å². The summed E-state index contributed by atoms with van der Waals surface area (Å²) < 4.78 is 11.6. The zero-order chi connectivity index (χ0) is 24.5. The number of fused-ring (bicyclic) bond motifs is 6. The summed E-state index contributed by atoms with van der Waals surface area (Å²) >= 11 is 0. The largest absolute Gasteiger partial charge is 0.458 e. The number of rotatable bonds is 5. The van der Waals surface area contributed by atoms with E-state index in [2.05, 4.69) is 24.8 Å². The van der Waals surface area contributed by atoms with Crippen LogP contribution < -0.4 is 0 Å². The van der Waals surface area contributed by atoms with Gasteiger partial charge in [-0.3, -0.25) is 14.4 Å². The minimum absolute atomic E-state index is 0.0753. The predicted molar refractivity (Wildman–Crippen MR) is 122 cm³/mol. The number of ketones is 2. The van der Waals surface area contributed by atoms with Crippen molar-refractivity contribution in [2.45, 2.75) is 97.1 Å². The Labute approximate surface area is 200 Å². The standard InChI is InChI=1S/C27H36O7/c1-15(2)32-24(34-31)23(30)18-14-16-13-17(28)5-9-25(16,3)19-6-10-26(4)20(22(18)19)7-11-27(26)12-8-21(29)33-27/h6,13,15,18,20,22,24,31H,5,7-12,14H2,1-4H3/t18-,20+,22-,24?,25+,26+,27-/m1/s1. The highest BCUT2D eigenvalue weighted by Gasteiger charge is 2.67. The van der Waals surface area contributed by atoms with Gasteiger partial charge in [-0.05, 0) is 70.3 Å². The summed E-state index contributed by atoms with van der Waals surface area (Å²) in [7, 11) is 0. The van der Waals surface area contributed by atoms with E-state index >= 15 is 0 Å². The minimum Gasteiger partial charge on any atom is -0.458 e. The van der Waals surface area contributed by atoms with Gasteiger partial charge in [0.1, 0.15) is 5.60 Å². The Morgan fingerprint density at radius 1 is 1.18 bits per heavy atom. The van der Waals surface area contributed by atoms with Crippen LogP contribution in [0.2, 0.25) is 0 Å². The normalized spacial score (nSPS) is 42.0. The van der Waals surface area contributed by atoms with E-state index in [9.17, 15) is 19.6 Å². The molecule has 34 heavy (non-hydrogen) atoms. The maximum Gasteiger partial charge on any atom is 0.306 e. The first-order valence-electron chi connectivity index (χ1n) is 12.7. The molecule has 1 heterocycles. The second-order valence-corrected chi connectivity index (χ2v) is 11.7. The Bertz CT molecular complexity index is 979. The van der Waals surface area contributed by atoms with Crippen molar-refractivity contribution >= 4 is 17.5 Å². The zero-order valence-corrected chi connectivity index (χ0v) is 20.6. The Balaban J connectivity index is 1.60. The average molecular weight is 473 g/mol. The van der Waals surface area contributed by atoms with Crippen molar-refractivity contribution in [2.75, 3.05) is 0 Å². The molecule has 0 aromatic rings. The molecule has 7 nitrogen and oxygen atoms in total. The Morgan fingerprint density at radius 3 is 2.59 bits per heavy atom. The molecule has 3 fully saturated rings. The maximum atomic E-state index is 13.8. The summed E-state index contributed by atoms with van der Waals surface area (Å²) in [5.41, 5.74) is 1.22. The summed E-state index contributed by atoms with van der Waals surface area (Å²) in [6.07, 6.45) is 7.68. The van der Waals surface area contributed by atoms with Gasteiger partial charge in [0, 0.05) is 29.6 Å². The van der Waals surface area contributed by atoms with E-state index in [-0.39, 0.29) is 46.3 Å². The molecule has 5 rings (SSSR count). The molecule has 4 aliphatic carbocycles. The van der Waals surface area contributed by atoms with Crippen LogP contribution >= 0.6 is 0 Å². The summed E-state index contributed by atoms with van der Waals surface area (Å²) in [4.78, 5) is 42.9. The van der Waals surface area contributed by atoms with Crippen LogP contribution in [0, 0.1) is 28.6 Å². The van der Waals surface area contributed by atoms with Crippen molar-refractivity contribution in [3.63, 3.8) is 0 Å². The topological polar surface area (TPSA) is 99.1 Å². The van der Waals surface area contributed by atoms with Crippen molar-refractivity contribution in [3.05, 3.63) is 23.3 Å². The van der Waals surface area contributed by atoms with Gasteiger partial charge < -0.3 is 9.47 Å². The van der Waals surface area contributed by atoms with Gasteiger partial charge in [0.15, 0.2) is 11.6 Å². The number of esters is 1. The van der Waals surface area contributed by atoms with E-state index in [4.69, 9.17) is 9.47 Å². The molecule has 0 aromatic heterocycles. The number of carbonyl (C=O) groups is 3. The summed E-state index contributed by atoms with van der Waals surface area (Å²) in [6.45, 7) is 8.01. The summed E-state index contributed by atoms with van der Waals surface area (Å²) in [6, 6.07) is 0. The highest BCUT2D eigenvalue weighted by atomic mass is 17.1. The van der Waals surface area contributed by atoms with Crippen molar-refractivity contribution < 1.29 is 34.0 Å². The third-order valence-corrected chi connectivity index (χ3v) is 9.81. The SMILES string of the molecule is CC(C)OC(OO)C(=O)[C@@H]1CC2=CC(=O)CC[C@]2(C)C2=CC[C@@]3(C)[C@@H](CC[C@@]34CCC(=O)O4)[C@@H]21. The molecule has 5 aliphatic rings. The molecular formula is C27H36O7. The van der Waals surface area contributed by atoms with Gasteiger partial charge in [0.2, 0.25) is 0 Å². The van der Waals surface area contributed by atoms with Crippen LogP contribution in [0.4, 0.5) is 0 Å². The van der Waals surface area contributed by atoms with Crippen LogP contribution in [0.3, 0.4) is 0 Å². The molecule has 1 unspecified atom stereocenters. The Kier molecular flexibility index (Phi) is 5.69. The molecule has 7 atom stereocenters. The van der Waals surface area contributed by atoms with Crippen molar-refractivity contribution in [1.29, 1.82) is 0 Å². The van der Waals surface area contributed by atoms with E-state index in [1.165, 1.54) is 5.57 Å². The summed E-state index contributed by atoms with van der Waals surface area (Å²) in [5, 5.41) is 9.55. The molecule has 1 saturated heterocycles. The van der Waals surface area contributed by atoms with Gasteiger partial charge in [-0.25, -0.2) is 5.26 Å². The second kappa shape index (κ2) is 8.10. The molecule has 0 radical (unpaired) electrons. The fourth-order valence-electron chi connectivity index (χ4n) is 7.99. The van der Waals surface area contributed by atoms with Crippen LogP contribution in [0.15, 0.2) is 23.3 Å². The Morgan fingerprint density at radius 2 is 1.94 bits per heavy atom. The minimum atomic E-state index is -1.37. The average Bonchev–Trinajstić information content (AvgIpc) is 3.31. The first kappa shape index (κ1) is 23.9. The van der Waals surface area contributed by atoms with Gasteiger partial charge in [-0.15, -0.1) is 0 Å². The number of hydrogen-bond donors (Lipinski definition) is 1. The van der Waals surface area contributed by atoms with E-state index in [0.29, 0.717) is 19.3 Å². The third-order valence-electron chi connectivity index (χ3n) is 9.81. The van der Waals surface area contributed by atoms with E-state index in [1.807, 2.05) is 0 Å².